The maximum absolute atomic E-state index is 11.4. The van der Waals surface area contributed by atoms with Crippen LogP contribution in [0.25, 0.3) is 10.9 Å². The maximum atomic E-state index is 11.4. The predicted octanol–water partition coefficient (Wildman–Crippen LogP) is 0.637. The van der Waals surface area contributed by atoms with Crippen molar-refractivity contribution in [1.29, 1.82) is 0 Å². The van der Waals surface area contributed by atoms with Crippen molar-refractivity contribution >= 4 is 22.8 Å². The van der Waals surface area contributed by atoms with E-state index < -0.39 is 30.0 Å². The Morgan fingerprint density at radius 2 is 2.05 bits per heavy atom. The molecule has 0 radical (unpaired) electrons. The standard InChI is InChI=1S/C15H18N2O5/c1-8-2-3-10-9(7-17-12(10)4-8)5-15(22,14(20)21)6-11(16)13(18)19/h2-4,7,11,17,22H,5-6,16H2,1H3,(H,18,19)(H,20,21)/t11-,15?/m0/s1. The van der Waals surface area contributed by atoms with Crippen LogP contribution in [0.4, 0.5) is 0 Å². The minimum absolute atomic E-state index is 0.230. The van der Waals surface area contributed by atoms with Crippen LogP contribution in [-0.2, 0) is 16.0 Å². The molecule has 2 aromatic rings. The van der Waals surface area contributed by atoms with Gasteiger partial charge in [0.1, 0.15) is 6.04 Å². The van der Waals surface area contributed by atoms with E-state index in [9.17, 15) is 19.8 Å². The van der Waals surface area contributed by atoms with E-state index in [2.05, 4.69) is 4.98 Å². The van der Waals surface area contributed by atoms with E-state index in [-0.39, 0.29) is 6.42 Å². The number of aliphatic carboxylic acids is 2. The van der Waals surface area contributed by atoms with E-state index in [0.29, 0.717) is 5.56 Å². The molecule has 6 N–H and O–H groups in total. The molecule has 0 aliphatic rings. The van der Waals surface area contributed by atoms with Gasteiger partial charge >= 0.3 is 11.9 Å². The van der Waals surface area contributed by atoms with Crippen LogP contribution in [0.2, 0.25) is 0 Å². The predicted molar refractivity (Wildman–Crippen MR) is 79.6 cm³/mol. The third kappa shape index (κ3) is 3.10. The molecule has 0 spiro atoms. The van der Waals surface area contributed by atoms with Gasteiger partial charge in [-0.15, -0.1) is 0 Å². The number of carboxylic acid groups (broad SMARTS) is 2. The zero-order chi connectivity index (χ0) is 16.5. The molecule has 0 aliphatic carbocycles. The number of fused-ring (bicyclic) bond motifs is 1. The molecule has 2 atom stereocenters. The van der Waals surface area contributed by atoms with Crippen LogP contribution in [0.15, 0.2) is 24.4 Å². The summed E-state index contributed by atoms with van der Waals surface area (Å²) in [5.41, 5.74) is 5.60. The van der Waals surface area contributed by atoms with E-state index in [4.69, 9.17) is 10.8 Å². The summed E-state index contributed by atoms with van der Waals surface area (Å²) in [7, 11) is 0. The smallest absolute Gasteiger partial charge is 0.336 e. The Morgan fingerprint density at radius 1 is 1.36 bits per heavy atom. The van der Waals surface area contributed by atoms with Gasteiger partial charge in [0.25, 0.3) is 0 Å². The number of aromatic amines is 1. The monoisotopic (exact) mass is 306 g/mol. The van der Waals surface area contributed by atoms with E-state index in [1.165, 1.54) is 0 Å². The molecule has 1 unspecified atom stereocenters. The molecule has 2 rings (SSSR count). The van der Waals surface area contributed by atoms with Crippen molar-refractivity contribution in [3.63, 3.8) is 0 Å². The Labute approximate surface area is 126 Å². The van der Waals surface area contributed by atoms with E-state index in [0.717, 1.165) is 16.5 Å². The number of benzene rings is 1. The molecule has 0 saturated carbocycles. The number of aryl methyl sites for hydroxylation is 1. The highest BCUT2D eigenvalue weighted by atomic mass is 16.4. The zero-order valence-electron chi connectivity index (χ0n) is 12.0. The molecule has 7 nitrogen and oxygen atoms in total. The number of H-pyrrole nitrogens is 1. The van der Waals surface area contributed by atoms with Crippen molar-refractivity contribution < 1.29 is 24.9 Å². The molecule has 0 bridgehead atoms. The number of carbonyl (C=O) groups is 2. The first-order valence-corrected chi connectivity index (χ1v) is 6.74. The third-order valence-electron chi connectivity index (χ3n) is 3.68. The van der Waals surface area contributed by atoms with Gasteiger partial charge in [-0.05, 0) is 24.1 Å². The lowest BCUT2D eigenvalue weighted by atomic mass is 9.88. The minimum Gasteiger partial charge on any atom is -0.480 e. The molecule has 0 aliphatic heterocycles. The number of aliphatic hydroxyl groups is 1. The van der Waals surface area contributed by atoms with E-state index in [1.54, 1.807) is 6.20 Å². The molecule has 1 aromatic heterocycles. The lowest BCUT2D eigenvalue weighted by molar-refractivity contribution is -0.160. The zero-order valence-corrected chi connectivity index (χ0v) is 12.0. The van der Waals surface area contributed by atoms with Gasteiger partial charge in [-0.25, -0.2) is 4.79 Å². The summed E-state index contributed by atoms with van der Waals surface area (Å²) in [6.45, 7) is 1.93. The molecule has 0 fully saturated rings. The Balaban J connectivity index is 2.34. The van der Waals surface area contributed by atoms with Gasteiger partial charge in [0.2, 0.25) is 0 Å². The second-order valence-electron chi connectivity index (χ2n) is 5.53. The highest BCUT2D eigenvalue weighted by Crippen LogP contribution is 2.26. The van der Waals surface area contributed by atoms with Gasteiger partial charge in [0, 0.05) is 29.9 Å². The third-order valence-corrected chi connectivity index (χ3v) is 3.68. The van der Waals surface area contributed by atoms with Crippen LogP contribution in [0.5, 0.6) is 0 Å². The van der Waals surface area contributed by atoms with Crippen LogP contribution >= 0.6 is 0 Å². The fourth-order valence-electron chi connectivity index (χ4n) is 2.45. The fourth-order valence-corrected chi connectivity index (χ4v) is 2.45. The van der Waals surface area contributed by atoms with Crippen LogP contribution in [0.1, 0.15) is 17.5 Å². The summed E-state index contributed by atoms with van der Waals surface area (Å²) < 4.78 is 0. The van der Waals surface area contributed by atoms with Crippen LogP contribution in [0.3, 0.4) is 0 Å². The molecule has 0 saturated heterocycles. The topological polar surface area (TPSA) is 137 Å². The molecular formula is C15H18N2O5. The molecular weight excluding hydrogens is 288 g/mol. The number of nitrogens with one attached hydrogen (secondary N) is 1. The molecule has 118 valence electrons. The SMILES string of the molecule is Cc1ccc2c(CC(O)(C[C@H](N)C(=O)O)C(=O)O)c[nH]c2c1. The summed E-state index contributed by atoms with van der Waals surface area (Å²) in [5.74, 6) is -2.85. The molecule has 7 heteroatoms. The van der Waals surface area contributed by atoms with Crippen molar-refractivity contribution in [3.05, 3.63) is 35.5 Å². The van der Waals surface area contributed by atoms with Gasteiger partial charge in [-0.1, -0.05) is 12.1 Å². The fraction of sp³-hybridized carbons (Fsp3) is 0.333. The largest absolute Gasteiger partial charge is 0.480 e. The summed E-state index contributed by atoms with van der Waals surface area (Å²) in [5, 5.41) is 29.2. The Hall–Kier alpha value is -2.38. The Bertz CT molecular complexity index is 724. The van der Waals surface area contributed by atoms with Crippen molar-refractivity contribution in [1.82, 2.24) is 4.98 Å². The van der Waals surface area contributed by atoms with Crippen molar-refractivity contribution in [2.45, 2.75) is 31.4 Å². The van der Waals surface area contributed by atoms with Gasteiger partial charge < -0.3 is 26.0 Å². The average Bonchev–Trinajstić information content (AvgIpc) is 2.80. The number of rotatable bonds is 6. The first-order chi connectivity index (χ1) is 10.2. The number of hydrogen-bond donors (Lipinski definition) is 5. The normalized spacial score (nSPS) is 15.4. The Morgan fingerprint density at radius 3 is 2.64 bits per heavy atom. The summed E-state index contributed by atoms with van der Waals surface area (Å²) in [4.78, 5) is 25.2. The highest BCUT2D eigenvalue weighted by molar-refractivity contribution is 5.86. The Kier molecular flexibility index (Phi) is 4.20. The number of carboxylic acids is 2. The molecule has 1 aromatic carbocycles. The highest BCUT2D eigenvalue weighted by Gasteiger charge is 2.40. The average molecular weight is 306 g/mol. The van der Waals surface area contributed by atoms with Crippen molar-refractivity contribution in [3.8, 4) is 0 Å². The summed E-state index contributed by atoms with van der Waals surface area (Å²) in [6.07, 6.45) is 0.812. The summed E-state index contributed by atoms with van der Waals surface area (Å²) in [6, 6.07) is 4.16. The maximum Gasteiger partial charge on any atom is 0.336 e. The van der Waals surface area contributed by atoms with Gasteiger partial charge in [-0.3, -0.25) is 4.79 Å². The quantitative estimate of drug-likeness (QED) is 0.531. The summed E-state index contributed by atoms with van der Waals surface area (Å²) >= 11 is 0. The molecule has 22 heavy (non-hydrogen) atoms. The van der Waals surface area contributed by atoms with Crippen LogP contribution < -0.4 is 5.73 Å². The van der Waals surface area contributed by atoms with E-state index >= 15 is 0 Å². The number of nitrogens with two attached hydrogens (primary N) is 1. The first-order valence-electron chi connectivity index (χ1n) is 6.74. The van der Waals surface area contributed by atoms with Crippen LogP contribution in [-0.4, -0.2) is 43.9 Å². The van der Waals surface area contributed by atoms with Gasteiger partial charge in [-0.2, -0.15) is 0 Å². The lowest BCUT2D eigenvalue weighted by Gasteiger charge is -2.25. The lowest BCUT2D eigenvalue weighted by Crippen LogP contribution is -2.48. The van der Waals surface area contributed by atoms with Crippen molar-refractivity contribution in [2.75, 3.05) is 0 Å². The van der Waals surface area contributed by atoms with Gasteiger partial charge in [0.15, 0.2) is 5.60 Å². The second-order valence-corrected chi connectivity index (χ2v) is 5.53. The second kappa shape index (κ2) is 5.78. The first kappa shape index (κ1) is 16.0. The molecule has 0 amide bonds. The minimum atomic E-state index is -2.24. The van der Waals surface area contributed by atoms with Gasteiger partial charge in [0.05, 0.1) is 0 Å². The van der Waals surface area contributed by atoms with Crippen LogP contribution in [0, 0.1) is 6.92 Å². The number of aromatic nitrogens is 1. The van der Waals surface area contributed by atoms with E-state index in [1.807, 2.05) is 25.1 Å². The molecule has 1 heterocycles. The van der Waals surface area contributed by atoms with Crippen molar-refractivity contribution in [2.24, 2.45) is 5.73 Å². The number of hydrogen-bond acceptors (Lipinski definition) is 4.